The zero-order chi connectivity index (χ0) is 17.9. The normalized spacial score (nSPS) is 11.5. The molecule has 0 unspecified atom stereocenters. The van der Waals surface area contributed by atoms with E-state index in [0.29, 0.717) is 18.7 Å². The minimum absolute atomic E-state index is 0.0530. The van der Waals surface area contributed by atoms with Gasteiger partial charge in [-0.2, -0.15) is 0 Å². The molecule has 0 aliphatic carbocycles. The van der Waals surface area contributed by atoms with E-state index >= 15 is 0 Å². The lowest BCUT2D eigenvalue weighted by molar-refractivity contribution is 0.226. The minimum atomic E-state index is -0.0530. The maximum atomic E-state index is 12.5. The van der Waals surface area contributed by atoms with Crippen LogP contribution in [0.15, 0.2) is 69.5 Å². The molecule has 4 heterocycles. The van der Waals surface area contributed by atoms with Crippen molar-refractivity contribution in [3.8, 4) is 0 Å². The number of aryl methyl sites for hydroxylation is 1. The van der Waals surface area contributed by atoms with Gasteiger partial charge >= 0.3 is 0 Å². The molecule has 0 radical (unpaired) electrons. The van der Waals surface area contributed by atoms with Crippen LogP contribution in [0, 0.1) is 6.92 Å². The average molecular weight is 365 g/mol. The fourth-order valence-electron chi connectivity index (χ4n) is 2.98. The number of fused-ring (bicyclic) bond motifs is 1. The van der Waals surface area contributed by atoms with E-state index in [0.717, 1.165) is 23.6 Å². The molecular formula is C20H19N3O2S. The van der Waals surface area contributed by atoms with Crippen molar-refractivity contribution >= 4 is 17.0 Å². The summed E-state index contributed by atoms with van der Waals surface area (Å²) in [6, 6.07) is 13.5. The summed E-state index contributed by atoms with van der Waals surface area (Å²) in [5.41, 5.74) is 2.42. The summed E-state index contributed by atoms with van der Waals surface area (Å²) in [5, 5.41) is 2.07. The molecule has 0 aliphatic rings. The molecule has 0 spiro atoms. The third-order valence-electron chi connectivity index (χ3n) is 4.17. The Balaban J connectivity index is 1.63. The molecule has 0 saturated heterocycles. The predicted octanol–water partition coefficient (Wildman–Crippen LogP) is 3.86. The largest absolute Gasteiger partial charge is 0.468 e. The Morgan fingerprint density at radius 2 is 2.08 bits per heavy atom. The maximum Gasteiger partial charge on any atom is 0.258 e. The first-order valence-electron chi connectivity index (χ1n) is 8.43. The summed E-state index contributed by atoms with van der Waals surface area (Å²) in [4.78, 5) is 20.6. The summed E-state index contributed by atoms with van der Waals surface area (Å²) < 4.78 is 7.10. The third kappa shape index (κ3) is 3.76. The molecule has 0 saturated carbocycles. The molecule has 0 aliphatic heterocycles. The molecule has 0 atom stereocenters. The van der Waals surface area contributed by atoms with Crippen molar-refractivity contribution in [2.24, 2.45) is 0 Å². The molecule has 0 amide bonds. The van der Waals surface area contributed by atoms with Crippen molar-refractivity contribution < 1.29 is 4.42 Å². The highest BCUT2D eigenvalue weighted by atomic mass is 32.1. The number of furan rings is 1. The highest BCUT2D eigenvalue weighted by Crippen LogP contribution is 2.17. The van der Waals surface area contributed by atoms with Crippen LogP contribution in [0.4, 0.5) is 0 Å². The van der Waals surface area contributed by atoms with Gasteiger partial charge in [0.2, 0.25) is 0 Å². The van der Waals surface area contributed by atoms with Crippen LogP contribution in [0.5, 0.6) is 0 Å². The quantitative estimate of drug-likeness (QED) is 0.521. The Bertz CT molecular complexity index is 1020. The van der Waals surface area contributed by atoms with Gasteiger partial charge in [0.1, 0.15) is 11.4 Å². The zero-order valence-corrected chi connectivity index (χ0v) is 15.3. The maximum absolute atomic E-state index is 12.5. The average Bonchev–Trinajstić information content (AvgIpc) is 3.30. The minimum Gasteiger partial charge on any atom is -0.468 e. The number of thiophene rings is 1. The van der Waals surface area contributed by atoms with Gasteiger partial charge in [-0.25, -0.2) is 4.98 Å². The summed E-state index contributed by atoms with van der Waals surface area (Å²) in [5.74, 6) is 0.898. The molecule has 132 valence electrons. The molecule has 4 aromatic heterocycles. The first-order chi connectivity index (χ1) is 12.7. The molecule has 4 rings (SSSR count). The lowest BCUT2D eigenvalue weighted by Crippen LogP contribution is -2.24. The van der Waals surface area contributed by atoms with E-state index in [2.05, 4.69) is 21.3 Å². The molecule has 0 bridgehead atoms. The summed E-state index contributed by atoms with van der Waals surface area (Å²) in [6.07, 6.45) is 3.50. The van der Waals surface area contributed by atoms with Gasteiger partial charge in [0.25, 0.3) is 5.56 Å². The lowest BCUT2D eigenvalue weighted by Gasteiger charge is -2.20. The molecule has 0 N–H and O–H groups in total. The number of rotatable bonds is 6. The van der Waals surface area contributed by atoms with Crippen LogP contribution < -0.4 is 5.56 Å². The van der Waals surface area contributed by atoms with Gasteiger partial charge in [0.15, 0.2) is 0 Å². The van der Waals surface area contributed by atoms with Crippen LogP contribution in [0.3, 0.4) is 0 Å². The Labute approximate surface area is 155 Å². The highest BCUT2D eigenvalue weighted by molar-refractivity contribution is 7.09. The first kappa shape index (κ1) is 16.8. The monoisotopic (exact) mass is 365 g/mol. The van der Waals surface area contributed by atoms with Gasteiger partial charge in [0.05, 0.1) is 18.5 Å². The van der Waals surface area contributed by atoms with Crippen LogP contribution >= 0.6 is 11.3 Å². The van der Waals surface area contributed by atoms with E-state index in [9.17, 15) is 4.79 Å². The van der Waals surface area contributed by atoms with E-state index in [4.69, 9.17) is 4.42 Å². The van der Waals surface area contributed by atoms with Gasteiger partial charge in [-0.1, -0.05) is 12.1 Å². The summed E-state index contributed by atoms with van der Waals surface area (Å²) in [7, 11) is 0. The van der Waals surface area contributed by atoms with Crippen LogP contribution in [-0.4, -0.2) is 14.3 Å². The molecule has 0 fully saturated rings. The van der Waals surface area contributed by atoms with Crippen LogP contribution in [0.2, 0.25) is 0 Å². The standard InChI is InChI=1S/C20H19N3O2S/c1-15-6-7-19-21-16(10-20(24)23(19)11-15)12-22(13-17-4-2-8-25-17)14-18-5-3-9-26-18/h2-11H,12-14H2,1H3. The van der Waals surface area contributed by atoms with Gasteiger partial charge in [-0.05, 0) is 42.1 Å². The molecular weight excluding hydrogens is 346 g/mol. The van der Waals surface area contributed by atoms with Crippen molar-refractivity contribution in [1.82, 2.24) is 14.3 Å². The second-order valence-corrected chi connectivity index (χ2v) is 7.36. The fourth-order valence-corrected chi connectivity index (χ4v) is 3.73. The second kappa shape index (κ2) is 7.27. The number of nitrogens with zero attached hydrogens (tertiary/aromatic N) is 3. The Morgan fingerprint density at radius 3 is 2.85 bits per heavy atom. The Hall–Kier alpha value is -2.70. The van der Waals surface area contributed by atoms with Crippen molar-refractivity contribution in [2.45, 2.75) is 26.6 Å². The highest BCUT2D eigenvalue weighted by Gasteiger charge is 2.13. The second-order valence-electron chi connectivity index (χ2n) is 6.32. The van der Waals surface area contributed by atoms with Gasteiger partial charge in [-0.15, -0.1) is 11.3 Å². The number of hydrogen-bond acceptors (Lipinski definition) is 5. The van der Waals surface area contributed by atoms with Gasteiger partial charge < -0.3 is 4.42 Å². The lowest BCUT2D eigenvalue weighted by atomic mass is 10.3. The van der Waals surface area contributed by atoms with Crippen LogP contribution in [0.1, 0.15) is 21.9 Å². The molecule has 0 aromatic carbocycles. The Morgan fingerprint density at radius 1 is 1.15 bits per heavy atom. The van der Waals surface area contributed by atoms with Crippen LogP contribution in [-0.2, 0) is 19.6 Å². The number of aromatic nitrogens is 2. The van der Waals surface area contributed by atoms with Crippen molar-refractivity contribution in [3.05, 3.63) is 92.6 Å². The predicted molar refractivity (Wildman–Crippen MR) is 102 cm³/mol. The van der Waals surface area contributed by atoms with E-state index in [1.54, 1.807) is 28.1 Å². The van der Waals surface area contributed by atoms with E-state index in [1.165, 1.54) is 4.88 Å². The summed E-state index contributed by atoms with van der Waals surface area (Å²) in [6.45, 7) is 4.00. The van der Waals surface area contributed by atoms with Crippen LogP contribution in [0.25, 0.3) is 5.65 Å². The Kier molecular flexibility index (Phi) is 4.69. The SMILES string of the molecule is Cc1ccc2nc(CN(Cc3ccco3)Cc3cccs3)cc(=O)n2c1. The summed E-state index contributed by atoms with van der Waals surface area (Å²) >= 11 is 1.72. The molecule has 5 nitrogen and oxygen atoms in total. The van der Waals surface area contributed by atoms with Crippen molar-refractivity contribution in [1.29, 1.82) is 0 Å². The first-order valence-corrected chi connectivity index (χ1v) is 9.31. The fraction of sp³-hybridized carbons (Fsp3) is 0.200. The van der Waals surface area contributed by atoms with E-state index < -0.39 is 0 Å². The van der Waals surface area contributed by atoms with E-state index in [1.807, 2.05) is 43.5 Å². The molecule has 6 heteroatoms. The smallest absolute Gasteiger partial charge is 0.258 e. The zero-order valence-electron chi connectivity index (χ0n) is 14.5. The van der Waals surface area contributed by atoms with Crippen molar-refractivity contribution in [2.75, 3.05) is 0 Å². The van der Waals surface area contributed by atoms with E-state index in [-0.39, 0.29) is 5.56 Å². The molecule has 26 heavy (non-hydrogen) atoms. The molecule has 4 aromatic rings. The third-order valence-corrected chi connectivity index (χ3v) is 5.03. The topological polar surface area (TPSA) is 50.8 Å². The van der Waals surface area contributed by atoms with Gasteiger partial charge in [0, 0.05) is 30.2 Å². The van der Waals surface area contributed by atoms with Gasteiger partial charge in [-0.3, -0.25) is 14.1 Å². The van der Waals surface area contributed by atoms with Crippen molar-refractivity contribution in [3.63, 3.8) is 0 Å². The number of hydrogen-bond donors (Lipinski definition) is 0. The number of pyridine rings is 1.